The van der Waals surface area contributed by atoms with Gasteiger partial charge in [-0.25, -0.2) is 4.79 Å². The van der Waals surface area contributed by atoms with Crippen LogP contribution in [0.1, 0.15) is 10.4 Å². The van der Waals surface area contributed by atoms with E-state index in [-0.39, 0.29) is 17.8 Å². The van der Waals surface area contributed by atoms with Crippen LogP contribution in [0.2, 0.25) is 0 Å². The second kappa shape index (κ2) is 9.25. The predicted octanol–water partition coefficient (Wildman–Crippen LogP) is -0.126. The molecule has 0 aliphatic heterocycles. The molecule has 0 atom stereocenters. The number of fused-ring (bicyclic) bond motifs is 1. The maximum atomic E-state index is 12.9. The van der Waals surface area contributed by atoms with E-state index in [2.05, 4.69) is 5.32 Å². The van der Waals surface area contributed by atoms with Gasteiger partial charge in [-0.3, -0.25) is 13.9 Å². The smallest absolute Gasteiger partial charge is 0.332 e. The van der Waals surface area contributed by atoms with Crippen molar-refractivity contribution in [1.82, 2.24) is 14.5 Å². The molecule has 0 amide bonds. The quantitative estimate of drug-likeness (QED) is 0.565. The molecule has 0 saturated heterocycles. The second-order valence-electron chi connectivity index (χ2n) is 5.67. The fraction of sp³-hybridized carbons (Fsp3) is 0.625. The average Bonchev–Trinajstić information content (AvgIpc) is 2.92. The summed E-state index contributed by atoms with van der Waals surface area (Å²) < 4.78 is 13.0. The lowest BCUT2D eigenvalue weighted by Gasteiger charge is -2.11. The second-order valence-corrected chi connectivity index (χ2v) is 6.76. The highest BCUT2D eigenvalue weighted by molar-refractivity contribution is 7.18. The molecule has 9 heteroatoms. The predicted molar refractivity (Wildman–Crippen MR) is 99.6 cm³/mol. The van der Waals surface area contributed by atoms with Crippen LogP contribution >= 0.6 is 11.3 Å². The van der Waals surface area contributed by atoms with E-state index in [1.165, 1.54) is 15.9 Å². The van der Waals surface area contributed by atoms with Gasteiger partial charge in [-0.1, -0.05) is 0 Å². The molecule has 0 fully saturated rings. The zero-order chi connectivity index (χ0) is 18.4. The number of nitrogens with one attached hydrogen (secondary N) is 1. The molecule has 3 N–H and O–H groups in total. The lowest BCUT2D eigenvalue weighted by atomic mass is 10.2. The normalized spacial score (nSPS) is 11.5. The summed E-state index contributed by atoms with van der Waals surface area (Å²) >= 11 is 1.47. The third-order valence-electron chi connectivity index (χ3n) is 4.04. The molecule has 0 aliphatic carbocycles. The topological polar surface area (TPSA) is 101 Å². The number of rotatable bonds is 10. The lowest BCUT2D eigenvalue weighted by molar-refractivity contribution is 0.179. The zero-order valence-corrected chi connectivity index (χ0v) is 15.8. The molecule has 8 nitrogen and oxygen atoms in total. The first-order chi connectivity index (χ1) is 12.1. The molecule has 25 heavy (non-hydrogen) atoms. The molecule has 0 saturated carbocycles. The molecule has 0 radical (unpaired) electrons. The van der Waals surface area contributed by atoms with Crippen LogP contribution < -0.4 is 22.3 Å². The van der Waals surface area contributed by atoms with Crippen molar-refractivity contribution >= 4 is 21.6 Å². The Balaban J connectivity index is 2.62. The SMILES string of the molecule is COCCn1c(=O)c2c(C)c(CNCCN)sc2n(CCOC)c1=O. The monoisotopic (exact) mass is 370 g/mol. The number of hydrogen-bond donors (Lipinski definition) is 2. The summed E-state index contributed by atoms with van der Waals surface area (Å²) in [4.78, 5) is 27.4. The van der Waals surface area contributed by atoms with Crippen molar-refractivity contribution < 1.29 is 9.47 Å². The van der Waals surface area contributed by atoms with Crippen LogP contribution in [-0.2, 0) is 29.1 Å². The Morgan fingerprint density at radius 3 is 2.36 bits per heavy atom. The van der Waals surface area contributed by atoms with E-state index in [1.54, 1.807) is 18.8 Å². The minimum atomic E-state index is -0.325. The van der Waals surface area contributed by atoms with Crippen molar-refractivity contribution in [2.75, 3.05) is 40.5 Å². The fourth-order valence-corrected chi connectivity index (χ4v) is 3.96. The maximum Gasteiger partial charge on any atom is 0.332 e. The molecule has 0 unspecified atom stereocenters. The Kier molecular flexibility index (Phi) is 7.33. The van der Waals surface area contributed by atoms with Crippen molar-refractivity contribution in [1.29, 1.82) is 0 Å². The number of ether oxygens (including phenoxy) is 2. The number of thiophene rings is 1. The Morgan fingerprint density at radius 2 is 1.76 bits per heavy atom. The van der Waals surface area contributed by atoms with Gasteiger partial charge in [0.2, 0.25) is 0 Å². The summed E-state index contributed by atoms with van der Waals surface area (Å²) in [6.45, 7) is 5.12. The Hall–Kier alpha value is -1.52. The summed E-state index contributed by atoms with van der Waals surface area (Å²) in [6.07, 6.45) is 0. The zero-order valence-electron chi connectivity index (χ0n) is 15.0. The minimum absolute atomic E-state index is 0.229. The van der Waals surface area contributed by atoms with Crippen LogP contribution in [-0.4, -0.2) is 49.7 Å². The molecule has 0 aromatic carbocycles. The minimum Gasteiger partial charge on any atom is -0.383 e. The Morgan fingerprint density at radius 1 is 1.12 bits per heavy atom. The molecule has 2 aromatic heterocycles. The van der Waals surface area contributed by atoms with E-state index in [0.717, 1.165) is 10.4 Å². The number of nitrogens with zero attached hydrogens (tertiary/aromatic N) is 2. The van der Waals surface area contributed by atoms with Gasteiger partial charge >= 0.3 is 5.69 Å². The van der Waals surface area contributed by atoms with E-state index >= 15 is 0 Å². The summed E-state index contributed by atoms with van der Waals surface area (Å²) in [6, 6.07) is 0. The van der Waals surface area contributed by atoms with Crippen LogP contribution in [0, 0.1) is 6.92 Å². The first-order valence-electron chi connectivity index (χ1n) is 8.21. The highest BCUT2D eigenvalue weighted by Gasteiger charge is 2.19. The van der Waals surface area contributed by atoms with Gasteiger partial charge in [0.15, 0.2) is 0 Å². The van der Waals surface area contributed by atoms with Gasteiger partial charge in [-0.2, -0.15) is 0 Å². The molecule has 0 spiro atoms. The third-order valence-corrected chi connectivity index (χ3v) is 5.35. The van der Waals surface area contributed by atoms with Gasteiger partial charge in [0.05, 0.1) is 31.7 Å². The summed E-state index contributed by atoms with van der Waals surface area (Å²) in [7, 11) is 3.13. The van der Waals surface area contributed by atoms with Gasteiger partial charge in [0.25, 0.3) is 5.56 Å². The number of aryl methyl sites for hydroxylation is 1. The first kappa shape index (κ1) is 19.8. The van der Waals surface area contributed by atoms with Gasteiger partial charge < -0.3 is 20.5 Å². The Labute approximate surface area is 150 Å². The highest BCUT2D eigenvalue weighted by atomic mass is 32.1. The number of nitrogens with two attached hydrogens (primary N) is 1. The average molecular weight is 370 g/mol. The maximum absolute atomic E-state index is 12.9. The third kappa shape index (κ3) is 4.18. The molecular formula is C16H26N4O4S. The van der Waals surface area contributed by atoms with Crippen molar-refractivity contribution in [3.05, 3.63) is 31.3 Å². The van der Waals surface area contributed by atoms with E-state index in [9.17, 15) is 9.59 Å². The van der Waals surface area contributed by atoms with Crippen LogP contribution in [0.4, 0.5) is 0 Å². The van der Waals surface area contributed by atoms with Crippen LogP contribution in [0.25, 0.3) is 10.2 Å². The molecule has 0 bridgehead atoms. The summed E-state index contributed by atoms with van der Waals surface area (Å²) in [5.41, 5.74) is 5.84. The van der Waals surface area contributed by atoms with Crippen molar-refractivity contribution in [3.8, 4) is 0 Å². The van der Waals surface area contributed by atoms with Gasteiger partial charge in [0, 0.05) is 38.7 Å². The molecule has 0 aliphatic rings. The number of aromatic nitrogens is 2. The van der Waals surface area contributed by atoms with Crippen molar-refractivity contribution in [2.24, 2.45) is 5.73 Å². The molecule has 2 rings (SSSR count). The van der Waals surface area contributed by atoms with Crippen molar-refractivity contribution in [2.45, 2.75) is 26.6 Å². The molecular weight excluding hydrogens is 344 g/mol. The van der Waals surface area contributed by atoms with Crippen LogP contribution in [0.5, 0.6) is 0 Å². The highest BCUT2D eigenvalue weighted by Crippen LogP contribution is 2.27. The summed E-state index contributed by atoms with van der Waals surface area (Å²) in [5.74, 6) is 0. The number of methoxy groups -OCH3 is 2. The van der Waals surface area contributed by atoms with Crippen molar-refractivity contribution in [3.63, 3.8) is 0 Å². The lowest BCUT2D eigenvalue weighted by Crippen LogP contribution is -2.41. The number of hydrogen-bond acceptors (Lipinski definition) is 7. The molecule has 2 aromatic rings. The molecule has 140 valence electrons. The van der Waals surface area contributed by atoms with E-state index < -0.39 is 0 Å². The first-order valence-corrected chi connectivity index (χ1v) is 9.02. The van der Waals surface area contributed by atoms with E-state index in [4.69, 9.17) is 15.2 Å². The van der Waals surface area contributed by atoms with Crippen LogP contribution in [0.15, 0.2) is 9.59 Å². The summed E-state index contributed by atoms with van der Waals surface area (Å²) in [5, 5.41) is 3.84. The van der Waals surface area contributed by atoms with E-state index in [1.807, 2.05) is 6.92 Å². The molecule has 2 heterocycles. The fourth-order valence-electron chi connectivity index (χ4n) is 2.67. The van der Waals surface area contributed by atoms with Gasteiger partial charge in [0.1, 0.15) is 4.83 Å². The van der Waals surface area contributed by atoms with Gasteiger partial charge in [-0.05, 0) is 12.5 Å². The van der Waals surface area contributed by atoms with E-state index in [0.29, 0.717) is 49.6 Å². The van der Waals surface area contributed by atoms with Gasteiger partial charge in [-0.15, -0.1) is 11.3 Å². The standard InChI is InChI=1S/C16H26N4O4S/c1-11-12(10-18-5-4-17)25-15-13(11)14(21)19(6-8-23-2)16(22)20(15)7-9-24-3/h18H,4-10,17H2,1-3H3. The van der Waals surface area contributed by atoms with Crippen LogP contribution in [0.3, 0.4) is 0 Å². The Bertz CT molecular complexity index is 824. The largest absolute Gasteiger partial charge is 0.383 e.